The molecule has 1 heteroatoms. The molecule has 1 nitrogen and oxygen atoms in total. The van der Waals surface area contributed by atoms with Gasteiger partial charge in [0.25, 0.3) is 0 Å². The molecule has 0 unspecified atom stereocenters. The van der Waals surface area contributed by atoms with Gasteiger partial charge in [-0.2, -0.15) is 0 Å². The Kier molecular flexibility index (Phi) is 2.67. The summed E-state index contributed by atoms with van der Waals surface area (Å²) < 4.78 is 0. The first-order valence-electron chi connectivity index (χ1n) is 4.01. The van der Waals surface area contributed by atoms with Crippen molar-refractivity contribution in [3.63, 3.8) is 0 Å². The normalized spacial score (nSPS) is 20.5. The van der Waals surface area contributed by atoms with Gasteiger partial charge in [0.15, 0.2) is 5.78 Å². The van der Waals surface area contributed by atoms with Crippen LogP contribution in [-0.2, 0) is 4.79 Å². The molecule has 1 fully saturated rings. The second-order valence-electron chi connectivity index (χ2n) is 2.88. The molecule has 0 heterocycles. The molecule has 0 radical (unpaired) electrons. The fraction of sp³-hybridized carbons (Fsp3) is 0.667. The van der Waals surface area contributed by atoms with E-state index in [9.17, 15) is 4.79 Å². The lowest BCUT2D eigenvalue weighted by molar-refractivity contribution is -0.118. The van der Waals surface area contributed by atoms with Crippen LogP contribution in [0.2, 0.25) is 0 Å². The lowest BCUT2D eigenvalue weighted by Crippen LogP contribution is -2.06. The highest BCUT2D eigenvalue weighted by molar-refractivity contribution is 5.91. The molecule has 0 atom stereocenters. The third-order valence-electron chi connectivity index (χ3n) is 2.09. The summed E-state index contributed by atoms with van der Waals surface area (Å²) in [5, 5.41) is 0. The van der Waals surface area contributed by atoms with Gasteiger partial charge in [-0.1, -0.05) is 18.9 Å². The summed E-state index contributed by atoms with van der Waals surface area (Å²) in [5.41, 5.74) is 0. The van der Waals surface area contributed by atoms with E-state index in [0.717, 1.165) is 12.8 Å². The van der Waals surface area contributed by atoms with E-state index in [4.69, 9.17) is 0 Å². The number of hydrogen-bond acceptors (Lipinski definition) is 1. The molecule has 0 aromatic heterocycles. The average Bonchev–Trinajstić information content (AvgIpc) is 2.38. The van der Waals surface area contributed by atoms with Gasteiger partial charge in [-0.05, 0) is 25.8 Å². The van der Waals surface area contributed by atoms with Crippen molar-refractivity contribution in [1.29, 1.82) is 0 Å². The Bertz CT molecular complexity index is 141. The van der Waals surface area contributed by atoms with Crippen molar-refractivity contribution in [2.45, 2.75) is 32.6 Å². The van der Waals surface area contributed by atoms with E-state index in [1.165, 1.54) is 12.8 Å². The second-order valence-corrected chi connectivity index (χ2v) is 2.88. The van der Waals surface area contributed by atoms with Crippen molar-refractivity contribution < 1.29 is 4.79 Å². The van der Waals surface area contributed by atoms with Gasteiger partial charge in [-0.3, -0.25) is 4.79 Å². The Hall–Kier alpha value is -0.590. The smallest absolute Gasteiger partial charge is 0.158 e. The van der Waals surface area contributed by atoms with Crippen LogP contribution in [0.5, 0.6) is 0 Å². The summed E-state index contributed by atoms with van der Waals surface area (Å²) in [6.45, 7) is 1.90. The first kappa shape index (κ1) is 7.52. The first-order valence-corrected chi connectivity index (χ1v) is 4.01. The van der Waals surface area contributed by atoms with Crippen LogP contribution in [0.15, 0.2) is 12.2 Å². The third-order valence-corrected chi connectivity index (χ3v) is 2.09. The Morgan fingerprint density at radius 1 is 1.40 bits per heavy atom. The number of ketones is 1. The standard InChI is InChI=1S/C9H14O/c1-2-5-9(10)8-6-3-4-7-8/h2,5,8H,3-4,6-7H2,1H3. The van der Waals surface area contributed by atoms with E-state index < -0.39 is 0 Å². The van der Waals surface area contributed by atoms with Crippen molar-refractivity contribution >= 4 is 5.78 Å². The fourth-order valence-corrected chi connectivity index (χ4v) is 1.51. The summed E-state index contributed by atoms with van der Waals surface area (Å²) in [7, 11) is 0. The van der Waals surface area contributed by atoms with E-state index in [0.29, 0.717) is 11.7 Å². The van der Waals surface area contributed by atoms with E-state index >= 15 is 0 Å². The van der Waals surface area contributed by atoms with Gasteiger partial charge in [0.1, 0.15) is 0 Å². The Balaban J connectivity index is 2.40. The molecule has 0 aromatic carbocycles. The minimum absolute atomic E-state index is 0.333. The number of carbonyl (C=O) groups is 1. The van der Waals surface area contributed by atoms with Gasteiger partial charge in [-0.25, -0.2) is 0 Å². The summed E-state index contributed by atoms with van der Waals surface area (Å²) in [6.07, 6.45) is 8.25. The highest BCUT2D eigenvalue weighted by Crippen LogP contribution is 2.25. The summed E-state index contributed by atoms with van der Waals surface area (Å²) in [6, 6.07) is 0. The van der Waals surface area contributed by atoms with Gasteiger partial charge < -0.3 is 0 Å². The molecule has 1 rings (SSSR count). The topological polar surface area (TPSA) is 17.1 Å². The largest absolute Gasteiger partial charge is 0.295 e. The maximum Gasteiger partial charge on any atom is 0.158 e. The Labute approximate surface area is 62.1 Å². The molecular formula is C9H14O. The summed E-state index contributed by atoms with van der Waals surface area (Å²) in [4.78, 5) is 11.2. The van der Waals surface area contributed by atoms with Gasteiger partial charge in [0.2, 0.25) is 0 Å². The van der Waals surface area contributed by atoms with Gasteiger partial charge in [0.05, 0.1) is 0 Å². The SMILES string of the molecule is CC=CC(=O)C1CCCC1. The van der Waals surface area contributed by atoms with E-state index in [1.807, 2.05) is 13.0 Å². The molecule has 0 aliphatic heterocycles. The number of hydrogen-bond donors (Lipinski definition) is 0. The van der Waals surface area contributed by atoms with Crippen LogP contribution in [0, 0.1) is 5.92 Å². The fourth-order valence-electron chi connectivity index (χ4n) is 1.51. The zero-order valence-electron chi connectivity index (χ0n) is 6.47. The molecular weight excluding hydrogens is 124 g/mol. The van der Waals surface area contributed by atoms with Crippen molar-refractivity contribution in [3.8, 4) is 0 Å². The molecule has 0 amide bonds. The second kappa shape index (κ2) is 3.55. The molecule has 10 heavy (non-hydrogen) atoms. The Morgan fingerprint density at radius 2 is 2.00 bits per heavy atom. The molecule has 0 aromatic rings. The predicted octanol–water partition coefficient (Wildman–Crippen LogP) is 2.32. The third kappa shape index (κ3) is 1.69. The van der Waals surface area contributed by atoms with E-state index in [1.54, 1.807) is 6.08 Å². The lowest BCUT2D eigenvalue weighted by Gasteiger charge is -2.00. The van der Waals surface area contributed by atoms with Crippen molar-refractivity contribution in [2.75, 3.05) is 0 Å². The Morgan fingerprint density at radius 3 is 2.50 bits per heavy atom. The minimum Gasteiger partial charge on any atom is -0.295 e. The zero-order valence-corrected chi connectivity index (χ0v) is 6.47. The molecule has 56 valence electrons. The molecule has 1 aliphatic rings. The number of rotatable bonds is 2. The molecule has 0 saturated heterocycles. The van der Waals surface area contributed by atoms with Crippen LogP contribution >= 0.6 is 0 Å². The maximum absolute atomic E-state index is 11.2. The van der Waals surface area contributed by atoms with Crippen LogP contribution in [-0.4, -0.2) is 5.78 Å². The van der Waals surface area contributed by atoms with Crippen LogP contribution < -0.4 is 0 Å². The van der Waals surface area contributed by atoms with Crippen molar-refractivity contribution in [2.24, 2.45) is 5.92 Å². The quantitative estimate of drug-likeness (QED) is 0.535. The van der Waals surface area contributed by atoms with Gasteiger partial charge in [0, 0.05) is 5.92 Å². The summed E-state index contributed by atoms with van der Waals surface area (Å²) in [5.74, 6) is 0.691. The van der Waals surface area contributed by atoms with Crippen LogP contribution in [0.3, 0.4) is 0 Å². The monoisotopic (exact) mass is 138 g/mol. The van der Waals surface area contributed by atoms with Gasteiger partial charge >= 0.3 is 0 Å². The number of carbonyl (C=O) groups excluding carboxylic acids is 1. The zero-order chi connectivity index (χ0) is 7.40. The van der Waals surface area contributed by atoms with Crippen molar-refractivity contribution in [1.82, 2.24) is 0 Å². The molecule has 1 aliphatic carbocycles. The maximum atomic E-state index is 11.2. The van der Waals surface area contributed by atoms with Crippen LogP contribution in [0.25, 0.3) is 0 Å². The minimum atomic E-state index is 0.333. The van der Waals surface area contributed by atoms with E-state index in [-0.39, 0.29) is 0 Å². The molecule has 0 bridgehead atoms. The van der Waals surface area contributed by atoms with Crippen LogP contribution in [0.1, 0.15) is 32.6 Å². The van der Waals surface area contributed by atoms with Crippen LogP contribution in [0.4, 0.5) is 0 Å². The first-order chi connectivity index (χ1) is 4.84. The highest BCUT2D eigenvalue weighted by Gasteiger charge is 2.19. The van der Waals surface area contributed by atoms with Gasteiger partial charge in [-0.15, -0.1) is 0 Å². The highest BCUT2D eigenvalue weighted by atomic mass is 16.1. The molecule has 0 spiro atoms. The average molecular weight is 138 g/mol. The lowest BCUT2D eigenvalue weighted by atomic mass is 10.0. The van der Waals surface area contributed by atoms with E-state index in [2.05, 4.69) is 0 Å². The number of allylic oxidation sites excluding steroid dienone is 2. The molecule has 1 saturated carbocycles. The summed E-state index contributed by atoms with van der Waals surface area (Å²) >= 11 is 0. The molecule has 0 N–H and O–H groups in total. The predicted molar refractivity (Wildman–Crippen MR) is 41.8 cm³/mol. The van der Waals surface area contributed by atoms with Crippen molar-refractivity contribution in [3.05, 3.63) is 12.2 Å².